The number of nitrogens with one attached hydrogen (secondary N) is 1. The van der Waals surface area contributed by atoms with Crippen LogP contribution in [0.2, 0.25) is 0 Å². The molecular formula is C12H15NO2. The van der Waals surface area contributed by atoms with Crippen molar-refractivity contribution in [2.24, 2.45) is 0 Å². The Kier molecular flexibility index (Phi) is 3.02. The number of Topliss-reactive ketones (excluding diaryl/α,β-unsaturated/α-hetero) is 1. The highest BCUT2D eigenvalue weighted by atomic mass is 16.5. The molecule has 0 radical (unpaired) electrons. The molecule has 0 amide bonds. The summed E-state index contributed by atoms with van der Waals surface area (Å²) < 4.78 is 5.04. The number of carbonyl (C=O) groups excluding carboxylic acids is 1. The van der Waals surface area contributed by atoms with Crippen LogP contribution in [0.25, 0.3) is 0 Å². The number of rotatable bonds is 4. The van der Waals surface area contributed by atoms with Crippen LogP contribution in [0.15, 0.2) is 24.3 Å². The van der Waals surface area contributed by atoms with E-state index in [0.717, 1.165) is 24.3 Å². The van der Waals surface area contributed by atoms with Gasteiger partial charge in [-0.15, -0.1) is 0 Å². The highest BCUT2D eigenvalue weighted by Gasteiger charge is 2.20. The van der Waals surface area contributed by atoms with E-state index in [0.29, 0.717) is 12.5 Å². The topological polar surface area (TPSA) is 38.3 Å². The van der Waals surface area contributed by atoms with Gasteiger partial charge in [0, 0.05) is 18.0 Å². The molecule has 2 rings (SSSR count). The van der Waals surface area contributed by atoms with Gasteiger partial charge in [0.25, 0.3) is 0 Å². The van der Waals surface area contributed by atoms with Gasteiger partial charge < -0.3 is 10.1 Å². The molecule has 1 aliphatic rings. The highest BCUT2D eigenvalue weighted by Crippen LogP contribution is 2.15. The molecule has 1 aliphatic heterocycles. The minimum atomic E-state index is 0.204. The molecule has 1 heterocycles. The van der Waals surface area contributed by atoms with Gasteiger partial charge in [-0.2, -0.15) is 0 Å². The molecule has 1 atom stereocenters. The van der Waals surface area contributed by atoms with Crippen molar-refractivity contribution >= 4 is 5.78 Å². The summed E-state index contributed by atoms with van der Waals surface area (Å²) in [7, 11) is 1.62. The molecule has 0 saturated carbocycles. The zero-order chi connectivity index (χ0) is 10.7. The third kappa shape index (κ3) is 2.36. The summed E-state index contributed by atoms with van der Waals surface area (Å²) in [5.41, 5.74) is 0.768. The Labute approximate surface area is 89.4 Å². The van der Waals surface area contributed by atoms with Crippen LogP contribution in [0.4, 0.5) is 0 Å². The predicted octanol–water partition coefficient (Wildman–Crippen LogP) is 1.63. The Morgan fingerprint density at radius 3 is 2.60 bits per heavy atom. The van der Waals surface area contributed by atoms with E-state index in [1.807, 2.05) is 24.3 Å². The summed E-state index contributed by atoms with van der Waals surface area (Å²) >= 11 is 0. The minimum absolute atomic E-state index is 0.204. The minimum Gasteiger partial charge on any atom is -0.497 e. The number of carbonyl (C=O) groups is 1. The second kappa shape index (κ2) is 4.45. The Balaban J connectivity index is 1.98. The summed E-state index contributed by atoms with van der Waals surface area (Å²) in [5.74, 6) is 0.989. The fraction of sp³-hybridized carbons (Fsp3) is 0.417. The first-order chi connectivity index (χ1) is 7.29. The first kappa shape index (κ1) is 10.2. The molecule has 3 heteroatoms. The lowest BCUT2D eigenvalue weighted by Gasteiger charge is -2.26. The number of ether oxygens (including phenoxy) is 1. The van der Waals surface area contributed by atoms with E-state index in [4.69, 9.17) is 4.74 Å². The number of methoxy groups -OCH3 is 1. The summed E-state index contributed by atoms with van der Waals surface area (Å²) in [6.45, 7) is 1.04. The van der Waals surface area contributed by atoms with Gasteiger partial charge >= 0.3 is 0 Å². The maximum atomic E-state index is 11.8. The average molecular weight is 205 g/mol. The molecule has 0 aliphatic carbocycles. The Hall–Kier alpha value is -1.35. The summed E-state index contributed by atoms with van der Waals surface area (Å²) in [4.78, 5) is 11.8. The first-order valence-corrected chi connectivity index (χ1v) is 5.20. The SMILES string of the molecule is COc1ccc(C(=O)CC2CCN2)cc1. The van der Waals surface area contributed by atoms with Crippen molar-refractivity contribution in [1.29, 1.82) is 0 Å². The Bertz CT molecular complexity index is 341. The van der Waals surface area contributed by atoms with Crippen molar-refractivity contribution in [3.05, 3.63) is 29.8 Å². The van der Waals surface area contributed by atoms with Crippen LogP contribution in [-0.2, 0) is 0 Å². The van der Waals surface area contributed by atoms with Gasteiger partial charge in [0.1, 0.15) is 5.75 Å². The van der Waals surface area contributed by atoms with Crippen molar-refractivity contribution < 1.29 is 9.53 Å². The molecule has 1 saturated heterocycles. The summed E-state index contributed by atoms with van der Waals surface area (Å²) in [5, 5.41) is 3.22. The largest absolute Gasteiger partial charge is 0.497 e. The molecule has 1 N–H and O–H groups in total. The van der Waals surface area contributed by atoms with Crippen molar-refractivity contribution in [1.82, 2.24) is 5.32 Å². The normalized spacial score (nSPS) is 19.4. The van der Waals surface area contributed by atoms with Crippen LogP contribution < -0.4 is 10.1 Å². The maximum Gasteiger partial charge on any atom is 0.164 e. The van der Waals surface area contributed by atoms with Crippen LogP contribution >= 0.6 is 0 Å². The first-order valence-electron chi connectivity index (χ1n) is 5.20. The predicted molar refractivity (Wildman–Crippen MR) is 58.3 cm³/mol. The molecule has 0 aromatic heterocycles. The lowest BCUT2D eigenvalue weighted by Crippen LogP contribution is -2.44. The van der Waals surface area contributed by atoms with E-state index in [2.05, 4.69) is 5.32 Å². The van der Waals surface area contributed by atoms with Crippen molar-refractivity contribution in [3.63, 3.8) is 0 Å². The second-order valence-corrected chi connectivity index (χ2v) is 3.80. The molecule has 15 heavy (non-hydrogen) atoms. The monoisotopic (exact) mass is 205 g/mol. The van der Waals surface area contributed by atoms with Gasteiger partial charge in [-0.05, 0) is 37.2 Å². The van der Waals surface area contributed by atoms with E-state index < -0.39 is 0 Å². The molecular weight excluding hydrogens is 190 g/mol. The number of hydrogen-bond acceptors (Lipinski definition) is 3. The standard InChI is InChI=1S/C12H15NO2/c1-15-11-4-2-9(3-5-11)12(14)8-10-6-7-13-10/h2-5,10,13H,6-8H2,1H3. The molecule has 1 fully saturated rings. The Morgan fingerprint density at radius 1 is 1.47 bits per heavy atom. The van der Waals surface area contributed by atoms with Crippen LogP contribution in [-0.4, -0.2) is 25.5 Å². The number of hydrogen-bond donors (Lipinski definition) is 1. The third-order valence-electron chi connectivity index (χ3n) is 2.77. The van der Waals surface area contributed by atoms with Gasteiger partial charge in [0.2, 0.25) is 0 Å². The van der Waals surface area contributed by atoms with Crippen LogP contribution in [0.5, 0.6) is 5.75 Å². The lowest BCUT2D eigenvalue weighted by atomic mass is 9.97. The van der Waals surface area contributed by atoms with E-state index in [1.165, 1.54) is 0 Å². The number of benzene rings is 1. The molecule has 80 valence electrons. The Morgan fingerprint density at radius 2 is 2.13 bits per heavy atom. The van der Waals surface area contributed by atoms with E-state index in [9.17, 15) is 4.79 Å². The van der Waals surface area contributed by atoms with E-state index in [1.54, 1.807) is 7.11 Å². The van der Waals surface area contributed by atoms with E-state index in [-0.39, 0.29) is 5.78 Å². The molecule has 1 aromatic rings. The zero-order valence-corrected chi connectivity index (χ0v) is 8.82. The lowest BCUT2D eigenvalue weighted by molar-refractivity contribution is 0.0956. The van der Waals surface area contributed by atoms with Gasteiger partial charge in [-0.25, -0.2) is 0 Å². The highest BCUT2D eigenvalue weighted by molar-refractivity contribution is 5.96. The molecule has 3 nitrogen and oxygen atoms in total. The molecule has 0 bridgehead atoms. The van der Waals surface area contributed by atoms with Crippen LogP contribution in [0.3, 0.4) is 0 Å². The van der Waals surface area contributed by atoms with Crippen LogP contribution in [0, 0.1) is 0 Å². The van der Waals surface area contributed by atoms with Crippen LogP contribution in [0.1, 0.15) is 23.2 Å². The quantitative estimate of drug-likeness (QED) is 0.759. The third-order valence-corrected chi connectivity index (χ3v) is 2.77. The fourth-order valence-electron chi connectivity index (χ4n) is 1.64. The van der Waals surface area contributed by atoms with Gasteiger partial charge in [-0.3, -0.25) is 4.79 Å². The second-order valence-electron chi connectivity index (χ2n) is 3.80. The van der Waals surface area contributed by atoms with Gasteiger partial charge in [-0.1, -0.05) is 0 Å². The van der Waals surface area contributed by atoms with Crippen molar-refractivity contribution in [2.45, 2.75) is 18.9 Å². The average Bonchev–Trinajstić information content (AvgIpc) is 2.23. The van der Waals surface area contributed by atoms with Gasteiger partial charge in [0.15, 0.2) is 5.78 Å². The number of ketones is 1. The molecule has 1 unspecified atom stereocenters. The van der Waals surface area contributed by atoms with E-state index >= 15 is 0 Å². The summed E-state index contributed by atoms with van der Waals surface area (Å²) in [6.07, 6.45) is 1.72. The zero-order valence-electron chi connectivity index (χ0n) is 8.82. The summed E-state index contributed by atoms with van der Waals surface area (Å²) in [6, 6.07) is 7.67. The fourth-order valence-corrected chi connectivity index (χ4v) is 1.64. The van der Waals surface area contributed by atoms with Crippen molar-refractivity contribution in [3.8, 4) is 5.75 Å². The molecule has 1 aromatic carbocycles. The maximum absolute atomic E-state index is 11.8. The van der Waals surface area contributed by atoms with Crippen molar-refractivity contribution in [2.75, 3.05) is 13.7 Å². The molecule has 0 spiro atoms. The smallest absolute Gasteiger partial charge is 0.164 e. The van der Waals surface area contributed by atoms with Gasteiger partial charge in [0.05, 0.1) is 7.11 Å².